The fourth-order valence-electron chi connectivity index (χ4n) is 4.00. The molecule has 0 saturated carbocycles. The number of aryl methyl sites for hydroxylation is 1. The lowest BCUT2D eigenvalue weighted by Crippen LogP contribution is -2.35. The Bertz CT molecular complexity index is 1530. The molecule has 0 amide bonds. The summed E-state index contributed by atoms with van der Waals surface area (Å²) in [5, 5.41) is 1.22. The van der Waals surface area contributed by atoms with Gasteiger partial charge in [0.15, 0.2) is 5.65 Å². The maximum absolute atomic E-state index is 13.4. The number of hydrogen-bond donors (Lipinski definition) is 0. The quantitative estimate of drug-likeness (QED) is 0.464. The summed E-state index contributed by atoms with van der Waals surface area (Å²) in [5.41, 5.74) is 3.02. The smallest absolute Gasteiger partial charge is 0.334 e. The van der Waals surface area contributed by atoms with Crippen LogP contribution in [0.5, 0.6) is 0 Å². The summed E-state index contributed by atoms with van der Waals surface area (Å²) in [6.07, 6.45) is 3.40. The predicted molar refractivity (Wildman–Crippen MR) is 118 cm³/mol. The summed E-state index contributed by atoms with van der Waals surface area (Å²) in [6, 6.07) is 15.5. The van der Waals surface area contributed by atoms with Gasteiger partial charge in [-0.15, -0.1) is 0 Å². The molecule has 5 rings (SSSR count). The van der Waals surface area contributed by atoms with Crippen LogP contribution >= 0.6 is 0 Å². The van der Waals surface area contributed by atoms with Crippen molar-refractivity contribution in [1.82, 2.24) is 23.7 Å². The van der Waals surface area contributed by atoms with E-state index in [4.69, 9.17) is 0 Å². The lowest BCUT2D eigenvalue weighted by atomic mass is 10.2. The first kappa shape index (κ1) is 18.3. The summed E-state index contributed by atoms with van der Waals surface area (Å²) in [4.78, 5) is 34.9. The van der Waals surface area contributed by atoms with Crippen molar-refractivity contribution in [2.24, 2.45) is 7.05 Å². The number of fused-ring (bicyclic) bond motifs is 4. The van der Waals surface area contributed by atoms with Crippen molar-refractivity contribution in [3.05, 3.63) is 75.7 Å². The summed E-state index contributed by atoms with van der Waals surface area (Å²) >= 11 is 0. The molecule has 0 atom stereocenters. The lowest BCUT2D eigenvalue weighted by molar-refractivity contribution is 0.589. The highest BCUT2D eigenvalue weighted by molar-refractivity contribution is 6.08. The first-order valence-corrected chi connectivity index (χ1v) is 10.1. The van der Waals surface area contributed by atoms with Crippen LogP contribution in [0.4, 0.5) is 0 Å². The number of para-hydroxylation sites is 1. The molecule has 150 valence electrons. The van der Waals surface area contributed by atoms with E-state index >= 15 is 0 Å². The van der Waals surface area contributed by atoms with Gasteiger partial charge in [0.25, 0.3) is 5.56 Å². The van der Waals surface area contributed by atoms with Gasteiger partial charge in [0.2, 0.25) is 0 Å². The average Bonchev–Trinajstić information content (AvgIpc) is 3.17. The van der Waals surface area contributed by atoms with Crippen molar-refractivity contribution in [2.75, 3.05) is 0 Å². The van der Waals surface area contributed by atoms with E-state index in [1.807, 2.05) is 71.6 Å². The van der Waals surface area contributed by atoms with E-state index in [1.54, 1.807) is 6.33 Å². The Morgan fingerprint density at radius 3 is 2.57 bits per heavy atom. The fourth-order valence-corrected chi connectivity index (χ4v) is 4.00. The van der Waals surface area contributed by atoms with E-state index < -0.39 is 5.69 Å². The van der Waals surface area contributed by atoms with Gasteiger partial charge < -0.3 is 4.57 Å². The molecule has 7 nitrogen and oxygen atoms in total. The molecule has 3 heterocycles. The maximum Gasteiger partial charge on any atom is 0.352 e. The van der Waals surface area contributed by atoms with Crippen LogP contribution in [0.2, 0.25) is 0 Å². The van der Waals surface area contributed by atoms with Crippen LogP contribution in [0.1, 0.15) is 19.8 Å². The van der Waals surface area contributed by atoms with E-state index in [0.29, 0.717) is 17.6 Å². The topological polar surface area (TPSA) is 74.7 Å². The third-order valence-corrected chi connectivity index (χ3v) is 5.56. The number of aromatic nitrogens is 5. The lowest BCUT2D eigenvalue weighted by Gasteiger charge is -2.07. The van der Waals surface area contributed by atoms with Gasteiger partial charge in [-0.05, 0) is 36.8 Å². The first-order chi connectivity index (χ1) is 14.6. The Morgan fingerprint density at radius 1 is 1.00 bits per heavy atom. The molecule has 30 heavy (non-hydrogen) atoms. The Balaban J connectivity index is 2.01. The van der Waals surface area contributed by atoms with Crippen LogP contribution in [0.25, 0.3) is 38.7 Å². The summed E-state index contributed by atoms with van der Waals surface area (Å²) in [5.74, 6) is 0. The van der Waals surface area contributed by atoms with E-state index in [1.165, 1.54) is 4.57 Å². The first-order valence-electron chi connectivity index (χ1n) is 10.1. The molecule has 0 aliphatic carbocycles. The monoisotopic (exact) mass is 399 g/mol. The molecule has 3 aromatic heterocycles. The van der Waals surface area contributed by atoms with E-state index in [2.05, 4.69) is 9.97 Å². The maximum atomic E-state index is 13.4. The zero-order valence-electron chi connectivity index (χ0n) is 16.9. The molecule has 0 bridgehead atoms. The molecule has 0 aliphatic heterocycles. The standard InChI is InChI=1S/C23H21N5O2/c1-3-4-12-27-22(29)20-16-10-11-17-19(26(2)14-24-17)13-18(16)28(21(20)25-23(27)30)15-8-6-5-7-9-15/h5-11,13-14H,3-4,12H2,1-2H3. The number of hydrogen-bond acceptors (Lipinski definition) is 4. The van der Waals surface area contributed by atoms with Crippen molar-refractivity contribution in [3.8, 4) is 5.69 Å². The predicted octanol–water partition coefficient (Wildman–Crippen LogP) is 3.39. The molecule has 0 radical (unpaired) electrons. The zero-order valence-corrected chi connectivity index (χ0v) is 16.9. The molecular formula is C23H21N5O2. The molecule has 7 heteroatoms. The molecule has 5 aromatic rings. The second kappa shape index (κ2) is 6.95. The number of imidazole rings is 1. The molecule has 0 aliphatic rings. The van der Waals surface area contributed by atoms with Crippen molar-refractivity contribution < 1.29 is 0 Å². The van der Waals surface area contributed by atoms with Gasteiger partial charge in [0.05, 0.1) is 28.3 Å². The second-order valence-corrected chi connectivity index (χ2v) is 7.48. The highest BCUT2D eigenvalue weighted by Crippen LogP contribution is 2.29. The number of unbranched alkanes of at least 4 members (excludes halogenated alkanes) is 1. The van der Waals surface area contributed by atoms with Gasteiger partial charge in [0.1, 0.15) is 0 Å². The molecule has 0 unspecified atom stereocenters. The molecule has 0 saturated heterocycles. The Hall–Kier alpha value is -3.74. The van der Waals surface area contributed by atoms with Crippen LogP contribution in [-0.4, -0.2) is 23.7 Å². The van der Waals surface area contributed by atoms with Crippen molar-refractivity contribution >= 4 is 33.0 Å². The van der Waals surface area contributed by atoms with Crippen LogP contribution in [0.3, 0.4) is 0 Å². The van der Waals surface area contributed by atoms with Crippen molar-refractivity contribution in [2.45, 2.75) is 26.3 Å². The zero-order chi connectivity index (χ0) is 20.8. The fraction of sp³-hybridized carbons (Fsp3) is 0.217. The number of rotatable bonds is 4. The highest BCUT2D eigenvalue weighted by Gasteiger charge is 2.19. The van der Waals surface area contributed by atoms with Gasteiger partial charge in [-0.3, -0.25) is 13.9 Å². The molecule has 0 N–H and O–H groups in total. The van der Waals surface area contributed by atoms with E-state index in [9.17, 15) is 9.59 Å². The van der Waals surface area contributed by atoms with Crippen LogP contribution in [-0.2, 0) is 13.6 Å². The third-order valence-electron chi connectivity index (χ3n) is 5.56. The average molecular weight is 399 g/mol. The van der Waals surface area contributed by atoms with Crippen LogP contribution < -0.4 is 11.2 Å². The molecule has 0 spiro atoms. The van der Waals surface area contributed by atoms with E-state index in [-0.39, 0.29) is 5.56 Å². The number of nitrogens with zero attached hydrogens (tertiary/aromatic N) is 5. The molecular weight excluding hydrogens is 378 g/mol. The Kier molecular flexibility index (Phi) is 4.24. The Morgan fingerprint density at radius 2 is 1.80 bits per heavy atom. The van der Waals surface area contributed by atoms with Crippen LogP contribution in [0.15, 0.2) is 64.4 Å². The Labute approximate surface area is 171 Å². The summed E-state index contributed by atoms with van der Waals surface area (Å²) in [7, 11) is 1.93. The minimum absolute atomic E-state index is 0.290. The second-order valence-electron chi connectivity index (χ2n) is 7.48. The van der Waals surface area contributed by atoms with Gasteiger partial charge in [-0.1, -0.05) is 31.5 Å². The minimum atomic E-state index is -0.504. The summed E-state index contributed by atoms with van der Waals surface area (Å²) < 4.78 is 5.09. The highest BCUT2D eigenvalue weighted by atomic mass is 16.2. The SMILES string of the molecule is CCCCn1c(=O)nc2c(c1=O)c1ccc3ncn(C)c3cc1n2-c1ccccc1. The summed E-state index contributed by atoms with van der Waals surface area (Å²) in [6.45, 7) is 2.40. The van der Waals surface area contributed by atoms with Gasteiger partial charge in [-0.25, -0.2) is 9.78 Å². The normalized spacial score (nSPS) is 11.7. The third kappa shape index (κ3) is 2.66. The van der Waals surface area contributed by atoms with Gasteiger partial charge in [0, 0.05) is 24.7 Å². The molecule has 2 aromatic carbocycles. The number of benzene rings is 1. The van der Waals surface area contributed by atoms with Crippen molar-refractivity contribution in [3.63, 3.8) is 0 Å². The largest absolute Gasteiger partial charge is 0.352 e. The van der Waals surface area contributed by atoms with Gasteiger partial charge >= 0.3 is 5.69 Å². The van der Waals surface area contributed by atoms with E-state index in [0.717, 1.165) is 40.5 Å². The van der Waals surface area contributed by atoms with Crippen LogP contribution in [0, 0.1) is 0 Å². The van der Waals surface area contributed by atoms with Crippen molar-refractivity contribution in [1.29, 1.82) is 0 Å². The molecule has 0 fully saturated rings. The van der Waals surface area contributed by atoms with Gasteiger partial charge in [-0.2, -0.15) is 4.98 Å². The minimum Gasteiger partial charge on any atom is -0.334 e.